The molecule has 0 aliphatic carbocycles. The van der Waals surface area contributed by atoms with Gasteiger partial charge in [-0.25, -0.2) is 4.39 Å². The zero-order valence-corrected chi connectivity index (χ0v) is 14.7. The van der Waals surface area contributed by atoms with E-state index in [0.717, 1.165) is 0 Å². The molecule has 1 fully saturated rings. The lowest BCUT2D eigenvalue weighted by Crippen LogP contribution is -2.54. The van der Waals surface area contributed by atoms with Crippen molar-refractivity contribution in [1.29, 1.82) is 0 Å². The van der Waals surface area contributed by atoms with Gasteiger partial charge >= 0.3 is 0 Å². The minimum absolute atomic E-state index is 0.0123. The van der Waals surface area contributed by atoms with Crippen LogP contribution in [0, 0.1) is 5.82 Å². The van der Waals surface area contributed by atoms with E-state index in [4.69, 9.17) is 4.74 Å². The van der Waals surface area contributed by atoms with Gasteiger partial charge in [-0.2, -0.15) is 5.10 Å². The molecule has 2 aromatic rings. The van der Waals surface area contributed by atoms with Crippen LogP contribution >= 0.6 is 0 Å². The van der Waals surface area contributed by atoms with Crippen molar-refractivity contribution in [3.8, 4) is 5.75 Å². The third kappa shape index (κ3) is 4.03. The van der Waals surface area contributed by atoms with E-state index in [1.54, 1.807) is 29.3 Å². The van der Waals surface area contributed by atoms with Crippen molar-refractivity contribution < 1.29 is 19.0 Å². The van der Waals surface area contributed by atoms with Crippen molar-refractivity contribution >= 4 is 5.91 Å². The maximum Gasteiger partial charge on any atom is 0.271 e. The van der Waals surface area contributed by atoms with Gasteiger partial charge in [0.15, 0.2) is 0 Å². The number of aromatic nitrogens is 2. The zero-order valence-electron chi connectivity index (χ0n) is 14.7. The number of amides is 1. The first-order valence-corrected chi connectivity index (χ1v) is 8.58. The monoisotopic (exact) mass is 362 g/mol. The van der Waals surface area contributed by atoms with Gasteiger partial charge in [0.25, 0.3) is 5.91 Å². The topological polar surface area (TPSA) is 81.7 Å². The number of carbonyl (C=O) groups is 1. The Labute approximate surface area is 151 Å². The fourth-order valence-electron chi connectivity index (χ4n) is 3.26. The number of H-pyrrole nitrogens is 1. The number of ether oxygens (including phenoxy) is 1. The smallest absolute Gasteiger partial charge is 0.271 e. The van der Waals surface area contributed by atoms with Crippen LogP contribution in [0.1, 0.15) is 22.5 Å². The maximum absolute atomic E-state index is 14.3. The number of halogens is 1. The summed E-state index contributed by atoms with van der Waals surface area (Å²) in [5.41, 5.74) is 1.02. The third-order valence-corrected chi connectivity index (χ3v) is 4.72. The minimum atomic E-state index is -0.317. The Morgan fingerprint density at radius 2 is 2.27 bits per heavy atom. The van der Waals surface area contributed by atoms with Crippen molar-refractivity contribution in [2.75, 3.05) is 33.4 Å². The van der Waals surface area contributed by atoms with Gasteiger partial charge in [0.1, 0.15) is 17.3 Å². The van der Waals surface area contributed by atoms with Gasteiger partial charge in [-0.3, -0.25) is 14.8 Å². The number of hydrogen-bond donors (Lipinski definition) is 2. The number of carbonyl (C=O) groups excluding carboxylic acids is 1. The summed E-state index contributed by atoms with van der Waals surface area (Å²) in [5.74, 6) is 0.0527. The number of aromatic amines is 1. The summed E-state index contributed by atoms with van der Waals surface area (Å²) in [6.07, 6.45) is 2.06. The molecule has 8 heteroatoms. The molecule has 0 spiro atoms. The van der Waals surface area contributed by atoms with Crippen LogP contribution in [-0.4, -0.2) is 70.4 Å². The van der Waals surface area contributed by atoms with Gasteiger partial charge in [0.05, 0.1) is 7.11 Å². The number of aliphatic hydroxyl groups excluding tert-OH is 1. The highest BCUT2D eigenvalue weighted by atomic mass is 19.1. The summed E-state index contributed by atoms with van der Waals surface area (Å²) in [6, 6.07) is 6.42. The van der Waals surface area contributed by atoms with Gasteiger partial charge in [-0.15, -0.1) is 0 Å². The van der Waals surface area contributed by atoms with Gasteiger partial charge in [-0.1, -0.05) is 6.07 Å². The molecule has 140 valence electrons. The van der Waals surface area contributed by atoms with E-state index in [9.17, 15) is 14.3 Å². The molecule has 26 heavy (non-hydrogen) atoms. The van der Waals surface area contributed by atoms with Crippen molar-refractivity contribution in [2.24, 2.45) is 0 Å². The number of benzene rings is 1. The molecular formula is C18H23FN4O3. The van der Waals surface area contributed by atoms with Crippen molar-refractivity contribution in [1.82, 2.24) is 20.0 Å². The normalized spacial score (nSPS) is 18.1. The van der Waals surface area contributed by atoms with Gasteiger partial charge in [0.2, 0.25) is 0 Å². The van der Waals surface area contributed by atoms with Crippen LogP contribution in [-0.2, 0) is 6.54 Å². The maximum atomic E-state index is 14.3. The molecule has 3 rings (SSSR count). The second-order valence-corrected chi connectivity index (χ2v) is 6.32. The lowest BCUT2D eigenvalue weighted by atomic mass is 10.1. The van der Waals surface area contributed by atoms with E-state index >= 15 is 0 Å². The molecule has 2 N–H and O–H groups in total. The summed E-state index contributed by atoms with van der Waals surface area (Å²) in [4.78, 5) is 16.4. The van der Waals surface area contributed by atoms with Crippen LogP contribution in [0.2, 0.25) is 0 Å². The number of rotatable bonds is 6. The fraction of sp³-hybridized carbons (Fsp3) is 0.444. The minimum Gasteiger partial charge on any atom is -0.497 e. The van der Waals surface area contributed by atoms with Crippen LogP contribution in [0.3, 0.4) is 0 Å². The molecule has 1 aromatic carbocycles. The van der Waals surface area contributed by atoms with Crippen LogP contribution in [0.15, 0.2) is 30.5 Å². The van der Waals surface area contributed by atoms with E-state index in [0.29, 0.717) is 49.6 Å². The van der Waals surface area contributed by atoms with Gasteiger partial charge < -0.3 is 14.7 Å². The Bertz CT molecular complexity index is 738. The zero-order chi connectivity index (χ0) is 18.5. The predicted octanol–water partition coefficient (Wildman–Crippen LogP) is 1.27. The third-order valence-electron chi connectivity index (χ3n) is 4.72. The van der Waals surface area contributed by atoms with E-state index in [-0.39, 0.29) is 24.4 Å². The highest BCUT2D eigenvalue weighted by Gasteiger charge is 2.30. The molecule has 1 aliphatic rings. The molecule has 1 aromatic heterocycles. The molecule has 7 nitrogen and oxygen atoms in total. The van der Waals surface area contributed by atoms with Crippen LogP contribution in [0.25, 0.3) is 0 Å². The molecule has 2 heterocycles. The summed E-state index contributed by atoms with van der Waals surface area (Å²) in [7, 11) is 1.50. The molecule has 1 amide bonds. The Morgan fingerprint density at radius 1 is 1.42 bits per heavy atom. The predicted molar refractivity (Wildman–Crippen MR) is 93.3 cm³/mol. The highest BCUT2D eigenvalue weighted by molar-refractivity contribution is 5.92. The quantitative estimate of drug-likeness (QED) is 0.809. The average molecular weight is 362 g/mol. The summed E-state index contributed by atoms with van der Waals surface area (Å²) in [5, 5.41) is 15.9. The lowest BCUT2D eigenvalue weighted by molar-refractivity contribution is 0.0387. The fourth-order valence-corrected chi connectivity index (χ4v) is 3.26. The molecule has 0 bridgehead atoms. The lowest BCUT2D eigenvalue weighted by Gasteiger charge is -2.41. The molecule has 1 atom stereocenters. The Kier molecular flexibility index (Phi) is 5.85. The molecule has 0 radical (unpaired) electrons. The standard InChI is InChI=1S/C18H23FN4O3/c1-26-15-3-2-13(16(19)10-15)11-22-7-8-23(12-14(22)5-9-24)18(25)17-4-6-20-21-17/h2-4,6,10,14,24H,5,7-9,11-12H2,1H3,(H,20,21)/t14-/m0/s1. The number of piperazine rings is 1. The van der Waals surface area contributed by atoms with E-state index in [1.807, 2.05) is 0 Å². The van der Waals surface area contributed by atoms with Crippen LogP contribution < -0.4 is 4.74 Å². The Morgan fingerprint density at radius 3 is 2.92 bits per heavy atom. The van der Waals surface area contributed by atoms with E-state index < -0.39 is 0 Å². The Balaban J connectivity index is 1.69. The molecular weight excluding hydrogens is 339 g/mol. The highest BCUT2D eigenvalue weighted by Crippen LogP contribution is 2.22. The number of methoxy groups -OCH3 is 1. The van der Waals surface area contributed by atoms with Crippen molar-refractivity contribution in [2.45, 2.75) is 19.0 Å². The summed E-state index contributed by atoms with van der Waals surface area (Å²) in [6.45, 7) is 2.06. The van der Waals surface area contributed by atoms with Gasteiger partial charge in [-0.05, 0) is 18.6 Å². The number of aliphatic hydroxyl groups is 1. The first kappa shape index (κ1) is 18.3. The largest absolute Gasteiger partial charge is 0.497 e. The number of hydrogen-bond acceptors (Lipinski definition) is 5. The van der Waals surface area contributed by atoms with Crippen LogP contribution in [0.5, 0.6) is 5.75 Å². The molecule has 1 saturated heterocycles. The van der Waals surface area contributed by atoms with E-state index in [2.05, 4.69) is 15.1 Å². The summed E-state index contributed by atoms with van der Waals surface area (Å²) >= 11 is 0. The molecule has 1 aliphatic heterocycles. The molecule has 0 unspecified atom stereocenters. The molecule has 0 saturated carbocycles. The summed E-state index contributed by atoms with van der Waals surface area (Å²) < 4.78 is 19.3. The van der Waals surface area contributed by atoms with E-state index in [1.165, 1.54) is 13.2 Å². The van der Waals surface area contributed by atoms with Crippen molar-refractivity contribution in [3.63, 3.8) is 0 Å². The first-order chi connectivity index (χ1) is 12.6. The van der Waals surface area contributed by atoms with Crippen LogP contribution in [0.4, 0.5) is 4.39 Å². The number of nitrogens with one attached hydrogen (secondary N) is 1. The Hall–Kier alpha value is -2.45. The average Bonchev–Trinajstić information content (AvgIpc) is 3.19. The number of nitrogens with zero attached hydrogens (tertiary/aromatic N) is 3. The van der Waals surface area contributed by atoms with Crippen molar-refractivity contribution in [3.05, 3.63) is 47.5 Å². The second kappa shape index (κ2) is 8.29. The van der Waals surface area contributed by atoms with Gasteiger partial charge in [0, 0.05) is 56.7 Å². The first-order valence-electron chi connectivity index (χ1n) is 8.58. The second-order valence-electron chi connectivity index (χ2n) is 6.32. The SMILES string of the molecule is COc1ccc(CN2CCN(C(=O)c3ccn[nH]3)C[C@@H]2CCO)c(F)c1.